The number of ether oxygens (including phenoxy) is 1. The molecule has 0 unspecified atom stereocenters. The highest BCUT2D eigenvalue weighted by Gasteiger charge is 2.40. The zero-order chi connectivity index (χ0) is 21.3. The van der Waals surface area contributed by atoms with Gasteiger partial charge in [-0.05, 0) is 68.6 Å². The number of aromatic nitrogens is 1. The van der Waals surface area contributed by atoms with Crippen molar-refractivity contribution in [2.75, 3.05) is 11.9 Å². The molecule has 7 nitrogen and oxygen atoms in total. The number of carbonyl (C=O) groups is 2. The van der Waals surface area contributed by atoms with Gasteiger partial charge in [-0.1, -0.05) is 6.42 Å². The van der Waals surface area contributed by atoms with Crippen LogP contribution in [-0.2, 0) is 20.9 Å². The van der Waals surface area contributed by atoms with E-state index in [0.717, 1.165) is 23.6 Å². The van der Waals surface area contributed by atoms with Crippen molar-refractivity contribution in [1.29, 1.82) is 5.26 Å². The van der Waals surface area contributed by atoms with Crippen LogP contribution >= 0.6 is 0 Å². The summed E-state index contributed by atoms with van der Waals surface area (Å²) in [5.74, 6) is 2.16. The van der Waals surface area contributed by atoms with Crippen LogP contribution in [0.2, 0.25) is 0 Å². The van der Waals surface area contributed by atoms with E-state index in [9.17, 15) is 14.9 Å². The van der Waals surface area contributed by atoms with Gasteiger partial charge in [0.25, 0.3) is 5.91 Å². The van der Waals surface area contributed by atoms with Gasteiger partial charge < -0.3 is 19.0 Å². The van der Waals surface area contributed by atoms with Crippen molar-refractivity contribution in [3.05, 3.63) is 41.0 Å². The van der Waals surface area contributed by atoms with E-state index in [4.69, 9.17) is 9.15 Å². The normalized spacial score (nSPS) is 22.1. The Morgan fingerprint density at radius 3 is 2.80 bits per heavy atom. The molecule has 2 fully saturated rings. The molecule has 0 spiro atoms. The minimum absolute atomic E-state index is 0.318. The van der Waals surface area contributed by atoms with Crippen LogP contribution in [0.25, 0.3) is 0 Å². The van der Waals surface area contributed by atoms with Crippen molar-refractivity contribution >= 4 is 17.7 Å². The van der Waals surface area contributed by atoms with Crippen LogP contribution in [0.5, 0.6) is 0 Å². The lowest BCUT2D eigenvalue weighted by Gasteiger charge is -2.20. The fraction of sp³-hybridized carbons (Fsp3) is 0.522. The van der Waals surface area contributed by atoms with E-state index in [-0.39, 0.29) is 12.6 Å². The molecule has 2 aliphatic carbocycles. The van der Waals surface area contributed by atoms with E-state index in [1.807, 2.05) is 24.5 Å². The molecule has 0 radical (unpaired) electrons. The van der Waals surface area contributed by atoms with Gasteiger partial charge in [0.05, 0.1) is 18.4 Å². The number of hydrogen-bond acceptors (Lipinski definition) is 5. The molecule has 0 saturated heterocycles. The molecule has 0 aromatic carbocycles. The average Bonchev–Trinajstić information content (AvgIpc) is 3.50. The maximum Gasteiger partial charge on any atom is 0.306 e. The fourth-order valence-electron chi connectivity index (χ4n) is 5.10. The van der Waals surface area contributed by atoms with Crippen LogP contribution in [0, 0.1) is 42.9 Å². The molecule has 4 rings (SSSR count). The quantitative estimate of drug-likeness (QED) is 0.699. The second kappa shape index (κ2) is 8.39. The SMILES string of the molecule is Cc1c(C#N)c(NC(=O)COC(=O)C[C@@H]2C[C@@H]3CC[C@@H]2C3)n(Cc2ccco2)c1C. The number of nitrogens with one attached hydrogen (secondary N) is 1. The minimum atomic E-state index is -0.453. The van der Waals surface area contributed by atoms with Crippen molar-refractivity contribution in [2.24, 2.45) is 17.8 Å². The highest BCUT2D eigenvalue weighted by molar-refractivity contribution is 5.93. The smallest absolute Gasteiger partial charge is 0.306 e. The molecule has 3 atom stereocenters. The Kier molecular flexibility index (Phi) is 5.67. The van der Waals surface area contributed by atoms with E-state index < -0.39 is 5.91 Å². The summed E-state index contributed by atoms with van der Waals surface area (Å²) in [7, 11) is 0. The topological polar surface area (TPSA) is 97.3 Å². The molecule has 1 amide bonds. The van der Waals surface area contributed by atoms with Crippen LogP contribution in [0.15, 0.2) is 22.8 Å². The number of carbonyl (C=O) groups excluding carboxylic acids is 2. The van der Waals surface area contributed by atoms with E-state index in [2.05, 4.69) is 11.4 Å². The van der Waals surface area contributed by atoms with Gasteiger partial charge in [0.2, 0.25) is 0 Å². The Labute approximate surface area is 176 Å². The molecule has 0 aliphatic heterocycles. The van der Waals surface area contributed by atoms with Crippen molar-refractivity contribution in [3.63, 3.8) is 0 Å². The summed E-state index contributed by atoms with van der Waals surface area (Å²) in [5, 5.41) is 12.3. The van der Waals surface area contributed by atoms with E-state index >= 15 is 0 Å². The lowest BCUT2D eigenvalue weighted by atomic mass is 9.86. The molecule has 7 heteroatoms. The zero-order valence-electron chi connectivity index (χ0n) is 17.4. The number of esters is 1. The van der Waals surface area contributed by atoms with Gasteiger partial charge in [0, 0.05) is 12.1 Å². The van der Waals surface area contributed by atoms with Gasteiger partial charge in [-0.15, -0.1) is 0 Å². The summed E-state index contributed by atoms with van der Waals surface area (Å²) in [6, 6.07) is 5.79. The van der Waals surface area contributed by atoms with Crippen LogP contribution in [0.3, 0.4) is 0 Å². The minimum Gasteiger partial charge on any atom is -0.467 e. The number of amides is 1. The summed E-state index contributed by atoms with van der Waals surface area (Å²) in [6.45, 7) is 3.77. The van der Waals surface area contributed by atoms with Gasteiger partial charge in [-0.2, -0.15) is 5.26 Å². The highest BCUT2D eigenvalue weighted by Crippen LogP contribution is 2.49. The summed E-state index contributed by atoms with van der Waals surface area (Å²) >= 11 is 0. The molecular formula is C23H27N3O4. The fourth-order valence-corrected chi connectivity index (χ4v) is 5.10. The zero-order valence-corrected chi connectivity index (χ0v) is 17.4. The Hall–Kier alpha value is -3.01. The molecule has 2 saturated carbocycles. The third-order valence-corrected chi connectivity index (χ3v) is 6.77. The number of furan rings is 1. The number of hydrogen-bond donors (Lipinski definition) is 1. The molecule has 2 aromatic rings. The van der Waals surface area contributed by atoms with Crippen LogP contribution in [-0.4, -0.2) is 23.1 Å². The summed E-state index contributed by atoms with van der Waals surface area (Å²) in [4.78, 5) is 24.7. The Bertz CT molecular complexity index is 983. The van der Waals surface area contributed by atoms with Crippen LogP contribution in [0.4, 0.5) is 5.82 Å². The number of rotatable bonds is 7. The molecule has 2 aliphatic rings. The van der Waals surface area contributed by atoms with Crippen molar-refractivity contribution in [2.45, 2.75) is 52.5 Å². The van der Waals surface area contributed by atoms with Gasteiger partial charge in [-0.25, -0.2) is 0 Å². The number of anilines is 1. The first-order valence-electron chi connectivity index (χ1n) is 10.5. The van der Waals surface area contributed by atoms with Crippen LogP contribution < -0.4 is 5.32 Å². The lowest BCUT2D eigenvalue weighted by Crippen LogP contribution is -2.24. The summed E-state index contributed by atoms with van der Waals surface area (Å²) in [6.07, 6.45) is 6.82. The van der Waals surface area contributed by atoms with E-state index in [1.54, 1.807) is 12.3 Å². The van der Waals surface area contributed by atoms with Crippen molar-refractivity contribution in [1.82, 2.24) is 4.57 Å². The molecule has 30 heavy (non-hydrogen) atoms. The monoisotopic (exact) mass is 409 g/mol. The van der Waals surface area contributed by atoms with Crippen molar-refractivity contribution < 1.29 is 18.7 Å². The lowest BCUT2D eigenvalue weighted by molar-refractivity contribution is -0.148. The number of nitrogens with zero attached hydrogens (tertiary/aromatic N) is 2. The third kappa shape index (κ3) is 4.00. The molecule has 2 aromatic heterocycles. The average molecular weight is 409 g/mol. The first-order chi connectivity index (χ1) is 14.5. The van der Waals surface area contributed by atoms with E-state index in [0.29, 0.717) is 41.9 Å². The first-order valence-corrected chi connectivity index (χ1v) is 10.5. The van der Waals surface area contributed by atoms with Gasteiger partial charge in [0.1, 0.15) is 17.6 Å². The second-order valence-electron chi connectivity index (χ2n) is 8.56. The Balaban J connectivity index is 1.38. The maximum absolute atomic E-state index is 12.5. The van der Waals surface area contributed by atoms with Gasteiger partial charge in [-0.3, -0.25) is 9.59 Å². The Morgan fingerprint density at radius 1 is 1.33 bits per heavy atom. The predicted octanol–water partition coefficient (Wildman–Crippen LogP) is 3.93. The van der Waals surface area contributed by atoms with Gasteiger partial charge in [0.15, 0.2) is 6.61 Å². The number of fused-ring (bicyclic) bond motifs is 2. The Morgan fingerprint density at radius 2 is 2.17 bits per heavy atom. The van der Waals surface area contributed by atoms with E-state index in [1.165, 1.54) is 19.3 Å². The largest absolute Gasteiger partial charge is 0.467 e. The molecular weight excluding hydrogens is 382 g/mol. The maximum atomic E-state index is 12.5. The predicted molar refractivity (Wildman–Crippen MR) is 110 cm³/mol. The first kappa shape index (κ1) is 20.3. The molecule has 1 N–H and O–H groups in total. The standard InChI is InChI=1S/C23H27N3O4/c1-14-15(2)26(12-19-4-3-7-29-19)23(20(14)11-24)25-21(27)13-30-22(28)10-18-9-16-5-6-17(18)8-16/h3-4,7,16-18H,5-6,8-10,12-13H2,1-2H3,(H,25,27)/t16-,17-,18+/m1/s1. The van der Waals surface area contributed by atoms with Crippen molar-refractivity contribution in [3.8, 4) is 6.07 Å². The second-order valence-corrected chi connectivity index (χ2v) is 8.56. The highest BCUT2D eigenvalue weighted by atomic mass is 16.5. The number of nitriles is 1. The summed E-state index contributed by atoms with van der Waals surface area (Å²) in [5.41, 5.74) is 2.07. The van der Waals surface area contributed by atoms with Gasteiger partial charge >= 0.3 is 5.97 Å². The third-order valence-electron chi connectivity index (χ3n) is 6.77. The summed E-state index contributed by atoms with van der Waals surface area (Å²) < 4.78 is 12.5. The molecule has 2 heterocycles. The molecule has 158 valence electrons. The molecule has 2 bridgehead atoms. The van der Waals surface area contributed by atoms with Crippen LogP contribution in [0.1, 0.15) is 54.7 Å².